The highest BCUT2D eigenvalue weighted by Crippen LogP contribution is 2.22. The number of guanidine groups is 1. The summed E-state index contributed by atoms with van der Waals surface area (Å²) in [6.45, 7) is 11.4. The summed E-state index contributed by atoms with van der Waals surface area (Å²) in [5.74, 6) is 1.92. The summed E-state index contributed by atoms with van der Waals surface area (Å²) in [5.41, 5.74) is 1.01. The quantitative estimate of drug-likeness (QED) is 0.333. The van der Waals surface area contributed by atoms with E-state index in [-0.39, 0.29) is 35.4 Å². The average molecular weight is 536 g/mol. The molecule has 2 N–H and O–H groups in total. The van der Waals surface area contributed by atoms with E-state index in [1.54, 1.807) is 0 Å². The van der Waals surface area contributed by atoms with Crippen LogP contribution >= 0.6 is 39.9 Å². The lowest BCUT2D eigenvalue weighted by Gasteiger charge is -2.19. The van der Waals surface area contributed by atoms with E-state index in [0.29, 0.717) is 24.2 Å². The molecule has 8 heteroatoms. The summed E-state index contributed by atoms with van der Waals surface area (Å²) in [6.07, 6.45) is 0. The zero-order valence-corrected chi connectivity index (χ0v) is 19.8. The number of aliphatic imine (C=N–C) groups is 1. The van der Waals surface area contributed by atoms with Gasteiger partial charge in [0.2, 0.25) is 5.89 Å². The Balaban J connectivity index is 0.00000338. The molecule has 1 aromatic heterocycles. The van der Waals surface area contributed by atoms with Crippen molar-refractivity contribution in [2.75, 3.05) is 6.54 Å². The van der Waals surface area contributed by atoms with Gasteiger partial charge in [0.25, 0.3) is 0 Å². The molecule has 0 saturated heterocycles. The molecule has 0 spiro atoms. The topological polar surface area (TPSA) is 75.3 Å². The second-order valence-electron chi connectivity index (χ2n) is 6.85. The largest absolute Gasteiger partial charge is 0.357 e. The monoisotopic (exact) mass is 535 g/mol. The molecule has 0 amide bonds. The normalized spacial score (nSPS) is 13.1. The molecule has 1 unspecified atom stereocenters. The smallest absolute Gasteiger partial charge is 0.232 e. The highest BCUT2D eigenvalue weighted by atomic mass is 127. The van der Waals surface area contributed by atoms with Crippen molar-refractivity contribution in [3.63, 3.8) is 0 Å². The van der Waals surface area contributed by atoms with Crippen molar-refractivity contribution in [1.29, 1.82) is 0 Å². The zero-order valence-electron chi connectivity index (χ0n) is 15.8. The lowest BCUT2D eigenvalue weighted by atomic mass is 9.97. The maximum Gasteiger partial charge on any atom is 0.232 e. The number of hydrogen-bond donors (Lipinski definition) is 2. The molecule has 1 atom stereocenters. The summed E-state index contributed by atoms with van der Waals surface area (Å²) in [5, 5.41) is 10.7. The predicted octanol–water partition coefficient (Wildman–Crippen LogP) is 4.56. The van der Waals surface area contributed by atoms with E-state index in [1.807, 2.05) is 45.9 Å². The fraction of sp³-hybridized carbons (Fsp3) is 0.500. The molecule has 0 aliphatic heterocycles. The van der Waals surface area contributed by atoms with Gasteiger partial charge in [-0.2, -0.15) is 4.98 Å². The number of rotatable bonds is 5. The molecule has 0 saturated carbocycles. The van der Waals surface area contributed by atoms with Gasteiger partial charge in [-0.3, -0.25) is 0 Å². The van der Waals surface area contributed by atoms with Gasteiger partial charge in [-0.15, -0.1) is 24.0 Å². The molecule has 2 rings (SSSR count). The molecule has 1 aromatic carbocycles. The average Bonchev–Trinajstić information content (AvgIpc) is 3.02. The Hall–Kier alpha value is -1.16. The van der Waals surface area contributed by atoms with Crippen molar-refractivity contribution in [3.8, 4) is 0 Å². The predicted molar refractivity (Wildman–Crippen MR) is 119 cm³/mol. The van der Waals surface area contributed by atoms with Crippen molar-refractivity contribution in [2.24, 2.45) is 4.99 Å². The maximum atomic E-state index is 5.31. The Morgan fingerprint density at radius 3 is 2.58 bits per heavy atom. The standard InChI is InChI=1S/C18H26BrN5O.HI/c1-6-20-17(22-12(2)13-9-7-8-10-14(13)19)21-11-15-23-16(25-24-15)18(3,4)5;/h7-10,12H,6,11H2,1-5H3,(H2,20,21,22);1H. The number of benzene rings is 1. The minimum atomic E-state index is -0.161. The summed E-state index contributed by atoms with van der Waals surface area (Å²) in [4.78, 5) is 8.99. The third kappa shape index (κ3) is 6.53. The first kappa shape index (κ1) is 22.9. The minimum absolute atomic E-state index is 0. The van der Waals surface area contributed by atoms with Crippen LogP contribution in [-0.2, 0) is 12.0 Å². The molecule has 0 radical (unpaired) electrons. The van der Waals surface area contributed by atoms with Crippen LogP contribution in [0.1, 0.15) is 57.9 Å². The van der Waals surface area contributed by atoms with Gasteiger partial charge in [-0.1, -0.05) is 60.1 Å². The van der Waals surface area contributed by atoms with Gasteiger partial charge in [0, 0.05) is 16.4 Å². The van der Waals surface area contributed by atoms with Gasteiger partial charge in [-0.05, 0) is 25.5 Å². The van der Waals surface area contributed by atoms with Crippen LogP contribution in [0.4, 0.5) is 0 Å². The molecule has 0 aliphatic carbocycles. The molecule has 0 aliphatic rings. The Labute approximate surface area is 180 Å². The van der Waals surface area contributed by atoms with Crippen LogP contribution in [0, 0.1) is 0 Å². The lowest BCUT2D eigenvalue weighted by molar-refractivity contribution is 0.318. The lowest BCUT2D eigenvalue weighted by Crippen LogP contribution is -2.38. The molecule has 6 nitrogen and oxygen atoms in total. The molecular weight excluding hydrogens is 509 g/mol. The zero-order chi connectivity index (χ0) is 18.4. The highest BCUT2D eigenvalue weighted by molar-refractivity contribution is 14.0. The van der Waals surface area contributed by atoms with Crippen LogP contribution < -0.4 is 10.6 Å². The first-order chi connectivity index (χ1) is 11.8. The first-order valence-electron chi connectivity index (χ1n) is 8.43. The fourth-order valence-corrected chi connectivity index (χ4v) is 2.83. The second kappa shape index (κ2) is 10.2. The molecule has 1 heterocycles. The van der Waals surface area contributed by atoms with Crippen LogP contribution in [0.3, 0.4) is 0 Å². The summed E-state index contributed by atoms with van der Waals surface area (Å²) in [7, 11) is 0. The van der Waals surface area contributed by atoms with Crippen LogP contribution in [0.5, 0.6) is 0 Å². The van der Waals surface area contributed by atoms with Crippen molar-refractivity contribution in [3.05, 3.63) is 46.0 Å². The van der Waals surface area contributed by atoms with E-state index in [4.69, 9.17) is 4.52 Å². The third-order valence-electron chi connectivity index (χ3n) is 3.56. The van der Waals surface area contributed by atoms with Gasteiger partial charge in [0.05, 0.1) is 6.04 Å². The van der Waals surface area contributed by atoms with Crippen molar-refractivity contribution >= 4 is 45.9 Å². The van der Waals surface area contributed by atoms with Crippen LogP contribution in [-0.4, -0.2) is 22.6 Å². The first-order valence-corrected chi connectivity index (χ1v) is 9.23. The van der Waals surface area contributed by atoms with Crippen LogP contribution in [0.2, 0.25) is 0 Å². The molecule has 26 heavy (non-hydrogen) atoms. The minimum Gasteiger partial charge on any atom is -0.357 e. The summed E-state index contributed by atoms with van der Waals surface area (Å²) in [6, 6.07) is 8.24. The number of nitrogens with zero attached hydrogens (tertiary/aromatic N) is 3. The van der Waals surface area contributed by atoms with E-state index < -0.39 is 0 Å². The van der Waals surface area contributed by atoms with Crippen molar-refractivity contribution < 1.29 is 4.52 Å². The second-order valence-corrected chi connectivity index (χ2v) is 7.70. The van der Waals surface area contributed by atoms with Gasteiger partial charge in [0.15, 0.2) is 11.8 Å². The van der Waals surface area contributed by atoms with E-state index in [0.717, 1.165) is 11.0 Å². The van der Waals surface area contributed by atoms with Crippen molar-refractivity contribution in [1.82, 2.24) is 20.8 Å². The maximum absolute atomic E-state index is 5.31. The van der Waals surface area contributed by atoms with Gasteiger partial charge in [0.1, 0.15) is 6.54 Å². The molecule has 0 bridgehead atoms. The van der Waals surface area contributed by atoms with E-state index >= 15 is 0 Å². The fourth-order valence-electron chi connectivity index (χ4n) is 2.20. The van der Waals surface area contributed by atoms with Gasteiger partial charge in [-0.25, -0.2) is 4.99 Å². The highest BCUT2D eigenvalue weighted by Gasteiger charge is 2.21. The van der Waals surface area contributed by atoms with Crippen LogP contribution in [0.15, 0.2) is 38.3 Å². The Kier molecular flexibility index (Phi) is 9.02. The van der Waals surface area contributed by atoms with Gasteiger partial charge < -0.3 is 15.2 Å². The molecule has 0 fully saturated rings. The molecular formula is C18H27BrIN5O. The Morgan fingerprint density at radius 1 is 1.31 bits per heavy atom. The van der Waals surface area contributed by atoms with E-state index in [9.17, 15) is 0 Å². The number of halogens is 2. The van der Waals surface area contributed by atoms with Crippen molar-refractivity contribution in [2.45, 2.75) is 52.6 Å². The summed E-state index contributed by atoms with van der Waals surface area (Å²) < 4.78 is 6.38. The molecule has 144 valence electrons. The molecule has 2 aromatic rings. The Bertz CT molecular complexity index is 726. The SMILES string of the molecule is CCNC(=NCc1noc(C(C)(C)C)n1)NC(C)c1ccccc1Br.I. The van der Waals surface area contributed by atoms with Crippen LogP contribution in [0.25, 0.3) is 0 Å². The Morgan fingerprint density at radius 2 is 2.00 bits per heavy atom. The number of nitrogens with one attached hydrogen (secondary N) is 2. The third-order valence-corrected chi connectivity index (χ3v) is 4.28. The summed E-state index contributed by atoms with van der Waals surface area (Å²) >= 11 is 3.59. The van der Waals surface area contributed by atoms with E-state index in [2.05, 4.69) is 54.7 Å². The van der Waals surface area contributed by atoms with E-state index in [1.165, 1.54) is 5.56 Å². The van der Waals surface area contributed by atoms with Gasteiger partial charge >= 0.3 is 0 Å². The number of aromatic nitrogens is 2. The number of hydrogen-bond acceptors (Lipinski definition) is 4.